The van der Waals surface area contributed by atoms with Gasteiger partial charge in [0.15, 0.2) is 4.80 Å². The first-order chi connectivity index (χ1) is 20.4. The highest BCUT2D eigenvalue weighted by molar-refractivity contribution is 7.07. The number of benzene rings is 3. The molecule has 0 N–H and O–H groups in total. The Balaban J connectivity index is 1.64. The van der Waals surface area contributed by atoms with Crippen LogP contribution in [0.15, 0.2) is 93.9 Å². The number of likely N-dealkylation sites (N-methyl/N-ethyl adjacent to an activating group) is 1. The first-order valence-corrected chi connectivity index (χ1v) is 14.6. The third-order valence-corrected chi connectivity index (χ3v) is 8.27. The number of halogens is 1. The lowest BCUT2D eigenvalue weighted by atomic mass is 9.94. The van der Waals surface area contributed by atoms with E-state index in [2.05, 4.69) is 0 Å². The average molecular weight is 586 g/mol. The van der Waals surface area contributed by atoms with Gasteiger partial charge in [-0.25, -0.2) is 9.38 Å². The van der Waals surface area contributed by atoms with Crippen LogP contribution in [0.2, 0.25) is 0 Å². The molecule has 1 aliphatic heterocycles. The molecule has 9 heteroatoms. The number of carbonyl (C=O) groups is 1. The number of ether oxygens (including phenoxy) is 2. The van der Waals surface area contributed by atoms with Crippen molar-refractivity contribution in [3.05, 3.63) is 126 Å². The molecule has 0 aliphatic carbocycles. The van der Waals surface area contributed by atoms with Crippen LogP contribution in [0.3, 0.4) is 0 Å². The van der Waals surface area contributed by atoms with E-state index in [1.165, 1.54) is 17.4 Å². The van der Waals surface area contributed by atoms with E-state index < -0.39 is 6.04 Å². The minimum Gasteiger partial charge on any atom is -0.496 e. The van der Waals surface area contributed by atoms with Crippen LogP contribution in [0.25, 0.3) is 6.08 Å². The number of allylic oxidation sites excluding steroid dienone is 1. The molecule has 0 fully saturated rings. The van der Waals surface area contributed by atoms with Crippen LogP contribution >= 0.6 is 11.3 Å². The van der Waals surface area contributed by atoms with E-state index in [1.54, 1.807) is 46.9 Å². The van der Waals surface area contributed by atoms with Crippen LogP contribution in [0.4, 0.5) is 4.39 Å². The van der Waals surface area contributed by atoms with E-state index in [9.17, 15) is 14.0 Å². The Bertz CT molecular complexity index is 1840. The number of nitrogens with zero attached hydrogens (tertiary/aromatic N) is 3. The van der Waals surface area contributed by atoms with E-state index in [0.717, 1.165) is 0 Å². The molecule has 1 aromatic heterocycles. The van der Waals surface area contributed by atoms with Gasteiger partial charge in [0.1, 0.15) is 30.0 Å². The molecule has 0 spiro atoms. The van der Waals surface area contributed by atoms with Crippen LogP contribution in [-0.4, -0.2) is 35.6 Å². The molecule has 1 aliphatic rings. The zero-order valence-corrected chi connectivity index (χ0v) is 24.8. The van der Waals surface area contributed by atoms with Crippen molar-refractivity contribution in [3.8, 4) is 11.5 Å². The highest BCUT2D eigenvalue weighted by atomic mass is 32.1. The zero-order chi connectivity index (χ0) is 29.8. The Hall–Kier alpha value is -4.50. The topological polar surface area (TPSA) is 73.1 Å². The zero-order valence-electron chi connectivity index (χ0n) is 24.0. The van der Waals surface area contributed by atoms with Crippen molar-refractivity contribution in [1.82, 2.24) is 9.47 Å². The Labute approximate surface area is 247 Å². The van der Waals surface area contributed by atoms with Crippen LogP contribution in [0, 0.1) is 5.82 Å². The molecule has 3 aromatic carbocycles. The maximum Gasteiger partial charge on any atom is 0.271 e. The molecule has 0 bridgehead atoms. The molecule has 5 rings (SSSR count). The summed E-state index contributed by atoms with van der Waals surface area (Å²) in [6, 6.07) is 20.5. The van der Waals surface area contributed by atoms with Crippen LogP contribution in [-0.2, 0) is 11.4 Å². The summed E-state index contributed by atoms with van der Waals surface area (Å²) < 4.78 is 27.9. The van der Waals surface area contributed by atoms with Crippen molar-refractivity contribution in [2.24, 2.45) is 4.99 Å². The van der Waals surface area contributed by atoms with Gasteiger partial charge < -0.3 is 14.4 Å². The summed E-state index contributed by atoms with van der Waals surface area (Å²) in [6.45, 7) is 6.76. The summed E-state index contributed by atoms with van der Waals surface area (Å²) >= 11 is 1.24. The molecule has 0 saturated carbocycles. The van der Waals surface area contributed by atoms with Crippen molar-refractivity contribution >= 4 is 23.3 Å². The summed E-state index contributed by atoms with van der Waals surface area (Å²) in [5, 5.41) is 0. The van der Waals surface area contributed by atoms with Gasteiger partial charge in [-0.3, -0.25) is 14.2 Å². The minimum absolute atomic E-state index is 0.0442. The molecule has 0 radical (unpaired) electrons. The van der Waals surface area contributed by atoms with Gasteiger partial charge in [0.05, 0.1) is 22.9 Å². The number of para-hydroxylation sites is 2. The van der Waals surface area contributed by atoms with E-state index in [0.29, 0.717) is 61.9 Å². The third-order valence-electron chi connectivity index (χ3n) is 7.28. The molecule has 0 unspecified atom stereocenters. The van der Waals surface area contributed by atoms with E-state index in [4.69, 9.17) is 14.5 Å². The number of aromatic nitrogens is 1. The van der Waals surface area contributed by atoms with Crippen molar-refractivity contribution in [2.45, 2.75) is 33.4 Å². The minimum atomic E-state index is -0.722. The normalized spacial score (nSPS) is 14.8. The van der Waals surface area contributed by atoms with Gasteiger partial charge >= 0.3 is 0 Å². The Morgan fingerprint density at radius 3 is 2.40 bits per heavy atom. The van der Waals surface area contributed by atoms with Gasteiger partial charge in [0, 0.05) is 29.8 Å². The lowest BCUT2D eigenvalue weighted by Crippen LogP contribution is -2.43. The van der Waals surface area contributed by atoms with E-state index in [1.807, 2.05) is 63.2 Å². The number of fused-ring (bicyclic) bond motifs is 1. The quantitative estimate of drug-likeness (QED) is 0.282. The summed E-state index contributed by atoms with van der Waals surface area (Å²) in [6.07, 6.45) is 1.75. The first-order valence-electron chi connectivity index (χ1n) is 13.8. The summed E-state index contributed by atoms with van der Waals surface area (Å²) in [4.78, 5) is 34.9. The molecule has 216 valence electrons. The highest BCUT2D eigenvalue weighted by Gasteiger charge is 2.35. The van der Waals surface area contributed by atoms with Crippen LogP contribution in [0.1, 0.15) is 43.5 Å². The molecular formula is C33H32FN3O4S. The predicted molar refractivity (Wildman–Crippen MR) is 162 cm³/mol. The van der Waals surface area contributed by atoms with Crippen molar-refractivity contribution in [3.63, 3.8) is 0 Å². The monoisotopic (exact) mass is 585 g/mol. The molecule has 1 amide bonds. The Morgan fingerprint density at radius 2 is 1.69 bits per heavy atom. The van der Waals surface area contributed by atoms with Crippen LogP contribution in [0.5, 0.6) is 11.5 Å². The van der Waals surface area contributed by atoms with Crippen molar-refractivity contribution in [2.75, 3.05) is 20.2 Å². The largest absolute Gasteiger partial charge is 0.496 e. The number of hydrogen-bond donors (Lipinski definition) is 0. The Kier molecular flexibility index (Phi) is 8.68. The second kappa shape index (κ2) is 12.6. The molecule has 4 aromatic rings. The van der Waals surface area contributed by atoms with Gasteiger partial charge in [-0.15, -0.1) is 0 Å². The highest BCUT2D eigenvalue weighted by Crippen LogP contribution is 2.36. The van der Waals surface area contributed by atoms with Gasteiger partial charge in [-0.1, -0.05) is 65.9 Å². The molecule has 0 saturated heterocycles. The predicted octanol–water partition coefficient (Wildman–Crippen LogP) is 4.83. The fourth-order valence-corrected chi connectivity index (χ4v) is 6.14. The number of carbonyl (C=O) groups excluding carboxylic acids is 1. The number of amides is 1. The third kappa shape index (κ3) is 5.52. The second-order valence-corrected chi connectivity index (χ2v) is 10.7. The molecule has 42 heavy (non-hydrogen) atoms. The molecule has 2 heterocycles. The Morgan fingerprint density at radius 1 is 1.02 bits per heavy atom. The average Bonchev–Trinajstić information content (AvgIpc) is 3.31. The van der Waals surface area contributed by atoms with Crippen molar-refractivity contribution < 1.29 is 18.7 Å². The second-order valence-electron chi connectivity index (χ2n) is 9.72. The van der Waals surface area contributed by atoms with Crippen LogP contribution < -0.4 is 24.4 Å². The summed E-state index contributed by atoms with van der Waals surface area (Å²) in [5.74, 6) is 0.577. The first kappa shape index (κ1) is 29.0. The van der Waals surface area contributed by atoms with E-state index >= 15 is 0 Å². The molecular weight excluding hydrogens is 553 g/mol. The van der Waals surface area contributed by atoms with Gasteiger partial charge in [-0.2, -0.15) is 0 Å². The van der Waals surface area contributed by atoms with E-state index in [-0.39, 0.29) is 23.9 Å². The maximum atomic E-state index is 14.2. The molecule has 1 atom stereocenters. The SMILES string of the molecule is CCN(CC)C(=O)C1=C(C)N=c2s/c(=C\c3ccccc3OCc3ccccc3F)c(=O)n2[C@@H]1c1ccccc1OC. The van der Waals surface area contributed by atoms with Gasteiger partial charge in [0.25, 0.3) is 11.5 Å². The van der Waals surface area contributed by atoms with Crippen molar-refractivity contribution in [1.29, 1.82) is 0 Å². The molecule has 7 nitrogen and oxygen atoms in total. The summed E-state index contributed by atoms with van der Waals surface area (Å²) in [5.41, 5.74) is 2.52. The maximum absolute atomic E-state index is 14.2. The number of hydrogen-bond acceptors (Lipinski definition) is 6. The van der Waals surface area contributed by atoms with Gasteiger partial charge in [0.2, 0.25) is 0 Å². The lowest BCUT2D eigenvalue weighted by molar-refractivity contribution is -0.127. The number of rotatable bonds is 9. The fourth-order valence-electron chi connectivity index (χ4n) is 5.11. The number of thiazole rings is 1. The van der Waals surface area contributed by atoms with Gasteiger partial charge in [-0.05, 0) is 45.0 Å². The fraction of sp³-hybridized carbons (Fsp3) is 0.242. The number of methoxy groups -OCH3 is 1. The smallest absolute Gasteiger partial charge is 0.271 e. The standard InChI is InChI=1S/C33H32FN3O4S/c1-5-36(6-2)32(39)29-21(3)35-33-37(30(29)24-15-9-12-18-27(24)40-4)31(38)28(42-33)19-22-13-8-11-17-26(22)41-20-23-14-7-10-16-25(23)34/h7-19,30H,5-6,20H2,1-4H3/b28-19-/t30-/m1/s1. The lowest BCUT2D eigenvalue weighted by Gasteiger charge is -2.29. The summed E-state index contributed by atoms with van der Waals surface area (Å²) in [7, 11) is 1.57.